The summed E-state index contributed by atoms with van der Waals surface area (Å²) in [5.74, 6) is 1.40. The number of aromatic nitrogens is 1. The lowest BCUT2D eigenvalue weighted by atomic mass is 10.1. The smallest absolute Gasteiger partial charge is 0.254 e. The molecule has 0 saturated heterocycles. The van der Waals surface area contributed by atoms with Crippen LogP contribution in [-0.2, 0) is 13.1 Å². The van der Waals surface area contributed by atoms with E-state index >= 15 is 0 Å². The monoisotopic (exact) mass is 336 g/mol. The molecule has 0 bridgehead atoms. The summed E-state index contributed by atoms with van der Waals surface area (Å²) in [5.41, 5.74) is 1.43. The van der Waals surface area contributed by atoms with Crippen LogP contribution in [0.1, 0.15) is 28.7 Å². The first-order valence-electron chi connectivity index (χ1n) is 8.20. The second-order valence-electron chi connectivity index (χ2n) is 5.52. The van der Waals surface area contributed by atoms with E-state index in [4.69, 9.17) is 9.15 Å². The van der Waals surface area contributed by atoms with Crippen LogP contribution in [0.2, 0.25) is 0 Å². The van der Waals surface area contributed by atoms with Gasteiger partial charge in [-0.05, 0) is 55.5 Å². The highest BCUT2D eigenvalue weighted by Crippen LogP contribution is 2.17. The Hall–Kier alpha value is -3.08. The van der Waals surface area contributed by atoms with Crippen LogP contribution < -0.4 is 4.74 Å². The van der Waals surface area contributed by atoms with Crippen LogP contribution in [0.4, 0.5) is 0 Å². The van der Waals surface area contributed by atoms with Crippen LogP contribution in [0, 0.1) is 0 Å². The fourth-order valence-corrected chi connectivity index (χ4v) is 2.52. The van der Waals surface area contributed by atoms with Crippen molar-refractivity contribution in [1.29, 1.82) is 0 Å². The van der Waals surface area contributed by atoms with Crippen molar-refractivity contribution in [3.63, 3.8) is 0 Å². The van der Waals surface area contributed by atoms with Crippen LogP contribution in [-0.4, -0.2) is 22.4 Å². The quantitative estimate of drug-likeness (QED) is 0.656. The first-order valence-corrected chi connectivity index (χ1v) is 8.20. The number of amides is 1. The molecule has 5 heteroatoms. The van der Waals surface area contributed by atoms with Gasteiger partial charge in [0.2, 0.25) is 0 Å². The minimum Gasteiger partial charge on any atom is -0.494 e. The summed E-state index contributed by atoms with van der Waals surface area (Å²) < 4.78 is 10.8. The second-order valence-corrected chi connectivity index (χ2v) is 5.52. The normalized spacial score (nSPS) is 10.4. The lowest BCUT2D eigenvalue weighted by Crippen LogP contribution is -2.30. The average Bonchev–Trinajstić information content (AvgIpc) is 3.15. The predicted octanol–water partition coefficient (Wildman–Crippen LogP) is 3.92. The minimum absolute atomic E-state index is 0.0786. The molecule has 0 aliphatic heterocycles. The summed E-state index contributed by atoms with van der Waals surface area (Å²) in [6.07, 6.45) is 3.33. The Labute approximate surface area is 146 Å². The molecule has 1 amide bonds. The zero-order chi connectivity index (χ0) is 17.5. The SMILES string of the molecule is CCOc1ccc(C(=O)N(Cc2ccccn2)Cc2ccco2)cc1. The van der Waals surface area contributed by atoms with Gasteiger partial charge in [-0.3, -0.25) is 9.78 Å². The van der Waals surface area contributed by atoms with Gasteiger partial charge in [0.15, 0.2) is 0 Å². The molecular weight excluding hydrogens is 316 g/mol. The summed E-state index contributed by atoms with van der Waals surface area (Å²) in [6, 6.07) is 16.5. The Morgan fingerprint density at radius 2 is 1.92 bits per heavy atom. The molecule has 0 saturated carbocycles. The number of rotatable bonds is 7. The van der Waals surface area contributed by atoms with Gasteiger partial charge in [-0.1, -0.05) is 6.07 Å². The standard InChI is InChI=1S/C20H20N2O3/c1-2-24-18-10-8-16(9-11-18)20(23)22(15-19-7-5-13-25-19)14-17-6-3-4-12-21-17/h3-13H,2,14-15H2,1H3. The molecule has 0 fully saturated rings. The predicted molar refractivity (Wildman–Crippen MR) is 94.1 cm³/mol. The third kappa shape index (κ3) is 4.47. The molecule has 0 unspecified atom stereocenters. The zero-order valence-electron chi connectivity index (χ0n) is 14.1. The van der Waals surface area contributed by atoms with Gasteiger partial charge < -0.3 is 14.1 Å². The van der Waals surface area contributed by atoms with Crippen LogP contribution >= 0.6 is 0 Å². The maximum Gasteiger partial charge on any atom is 0.254 e. The van der Waals surface area contributed by atoms with Crippen molar-refractivity contribution in [3.8, 4) is 5.75 Å². The van der Waals surface area contributed by atoms with Gasteiger partial charge in [0.1, 0.15) is 11.5 Å². The molecule has 2 heterocycles. The van der Waals surface area contributed by atoms with Crippen LogP contribution in [0.15, 0.2) is 71.5 Å². The summed E-state index contributed by atoms with van der Waals surface area (Å²) in [5, 5.41) is 0. The van der Waals surface area contributed by atoms with Gasteiger partial charge >= 0.3 is 0 Å². The summed E-state index contributed by atoms with van der Waals surface area (Å²) in [7, 11) is 0. The number of ether oxygens (including phenoxy) is 1. The maximum atomic E-state index is 13.0. The fourth-order valence-electron chi connectivity index (χ4n) is 2.52. The third-order valence-electron chi connectivity index (χ3n) is 3.71. The van der Waals surface area contributed by atoms with Crippen molar-refractivity contribution >= 4 is 5.91 Å². The number of nitrogens with zero attached hydrogens (tertiary/aromatic N) is 2. The van der Waals surface area contributed by atoms with E-state index in [2.05, 4.69) is 4.98 Å². The maximum absolute atomic E-state index is 13.0. The highest BCUT2D eigenvalue weighted by Gasteiger charge is 2.18. The van der Waals surface area contributed by atoms with Gasteiger partial charge in [0, 0.05) is 11.8 Å². The molecule has 0 N–H and O–H groups in total. The fraction of sp³-hybridized carbons (Fsp3) is 0.200. The Balaban J connectivity index is 1.80. The molecule has 128 valence electrons. The van der Waals surface area contributed by atoms with Crippen LogP contribution in [0.3, 0.4) is 0 Å². The molecule has 2 aromatic heterocycles. The molecule has 25 heavy (non-hydrogen) atoms. The molecule has 0 radical (unpaired) electrons. The first kappa shape index (κ1) is 16.8. The molecule has 3 rings (SSSR count). The van der Waals surface area contributed by atoms with Crippen molar-refractivity contribution in [1.82, 2.24) is 9.88 Å². The number of hydrogen-bond acceptors (Lipinski definition) is 4. The molecule has 1 aromatic carbocycles. The molecule has 0 aliphatic carbocycles. The van der Waals surface area contributed by atoms with Crippen LogP contribution in [0.5, 0.6) is 5.75 Å². The molecule has 5 nitrogen and oxygen atoms in total. The van der Waals surface area contributed by atoms with Gasteiger partial charge in [0.25, 0.3) is 5.91 Å². The van der Waals surface area contributed by atoms with Crippen molar-refractivity contribution in [2.24, 2.45) is 0 Å². The van der Waals surface area contributed by atoms with Crippen LogP contribution in [0.25, 0.3) is 0 Å². The first-order chi connectivity index (χ1) is 12.3. The van der Waals surface area contributed by atoms with E-state index in [0.29, 0.717) is 25.3 Å². The number of carbonyl (C=O) groups excluding carboxylic acids is 1. The largest absolute Gasteiger partial charge is 0.494 e. The molecular formula is C20H20N2O3. The highest BCUT2D eigenvalue weighted by molar-refractivity contribution is 5.94. The van der Waals surface area contributed by atoms with E-state index < -0.39 is 0 Å². The van der Waals surface area contributed by atoms with E-state index in [1.54, 1.807) is 29.5 Å². The summed E-state index contributed by atoms with van der Waals surface area (Å²) >= 11 is 0. The number of benzene rings is 1. The van der Waals surface area contributed by atoms with E-state index in [0.717, 1.165) is 17.2 Å². The van der Waals surface area contributed by atoms with E-state index in [1.807, 2.05) is 49.4 Å². The highest BCUT2D eigenvalue weighted by atomic mass is 16.5. The number of furan rings is 1. The second kappa shape index (κ2) is 8.15. The van der Waals surface area contributed by atoms with Crippen molar-refractivity contribution in [2.45, 2.75) is 20.0 Å². The lowest BCUT2D eigenvalue weighted by Gasteiger charge is -2.21. The molecule has 3 aromatic rings. The van der Waals surface area contributed by atoms with Gasteiger partial charge in [-0.25, -0.2) is 0 Å². The summed E-state index contributed by atoms with van der Waals surface area (Å²) in [6.45, 7) is 3.32. The van der Waals surface area contributed by atoms with Crippen molar-refractivity contribution < 1.29 is 13.9 Å². The minimum atomic E-state index is -0.0786. The van der Waals surface area contributed by atoms with Gasteiger partial charge in [-0.15, -0.1) is 0 Å². The Morgan fingerprint density at radius 1 is 1.08 bits per heavy atom. The Kier molecular flexibility index (Phi) is 5.46. The van der Waals surface area contributed by atoms with Gasteiger partial charge in [0.05, 0.1) is 31.7 Å². The van der Waals surface area contributed by atoms with Crippen molar-refractivity contribution in [3.05, 3.63) is 84.1 Å². The zero-order valence-corrected chi connectivity index (χ0v) is 14.1. The van der Waals surface area contributed by atoms with E-state index in [9.17, 15) is 4.79 Å². The summed E-state index contributed by atoms with van der Waals surface area (Å²) in [4.78, 5) is 19.0. The Bertz CT molecular complexity index is 784. The molecule has 0 spiro atoms. The van der Waals surface area contributed by atoms with E-state index in [-0.39, 0.29) is 5.91 Å². The number of hydrogen-bond donors (Lipinski definition) is 0. The topological polar surface area (TPSA) is 55.6 Å². The van der Waals surface area contributed by atoms with Crippen molar-refractivity contribution in [2.75, 3.05) is 6.61 Å². The van der Waals surface area contributed by atoms with E-state index in [1.165, 1.54) is 0 Å². The van der Waals surface area contributed by atoms with Gasteiger partial charge in [-0.2, -0.15) is 0 Å². The number of pyridine rings is 1. The average molecular weight is 336 g/mol. The lowest BCUT2D eigenvalue weighted by molar-refractivity contribution is 0.0715. The third-order valence-corrected chi connectivity index (χ3v) is 3.71. The molecule has 0 atom stereocenters. The number of carbonyl (C=O) groups is 1. The Morgan fingerprint density at radius 3 is 2.56 bits per heavy atom. The molecule has 0 aliphatic rings.